The molecule has 5 rings (SSSR count). The number of imidazole rings is 1. The van der Waals surface area contributed by atoms with Crippen LogP contribution in [0.2, 0.25) is 0 Å². The van der Waals surface area contributed by atoms with Crippen LogP contribution in [-0.4, -0.2) is 71.7 Å². The summed E-state index contributed by atoms with van der Waals surface area (Å²) in [5.74, 6) is 0.678. The predicted molar refractivity (Wildman–Crippen MR) is 143 cm³/mol. The third kappa shape index (κ3) is 6.11. The smallest absolute Gasteiger partial charge is 0.324 e. The van der Waals surface area contributed by atoms with Gasteiger partial charge in [0.05, 0.1) is 24.2 Å². The number of nitrogens with zero attached hydrogens (tertiary/aromatic N) is 3. The van der Waals surface area contributed by atoms with Crippen LogP contribution in [0.15, 0.2) is 84.9 Å². The van der Waals surface area contributed by atoms with E-state index in [4.69, 9.17) is 4.74 Å². The molecule has 7 nitrogen and oxygen atoms in total. The number of benzene rings is 3. The van der Waals surface area contributed by atoms with Gasteiger partial charge in [-0.3, -0.25) is 10.2 Å². The zero-order valence-corrected chi connectivity index (χ0v) is 20.5. The number of morpholine rings is 1. The number of nitrogens with one attached hydrogen (secondary N) is 2. The number of para-hydroxylation sites is 2. The van der Waals surface area contributed by atoms with Gasteiger partial charge in [-0.1, -0.05) is 72.8 Å². The molecule has 0 saturated carbocycles. The lowest BCUT2D eigenvalue weighted by molar-refractivity contribution is 0.0351. The molecule has 2 N–H and O–H groups in total. The van der Waals surface area contributed by atoms with Gasteiger partial charge in [0, 0.05) is 38.6 Å². The Morgan fingerprint density at radius 1 is 0.917 bits per heavy atom. The maximum atomic E-state index is 13.5. The molecular weight excluding hydrogens is 450 g/mol. The van der Waals surface area contributed by atoms with Crippen molar-refractivity contribution in [1.29, 1.82) is 0 Å². The topological polar surface area (TPSA) is 73.5 Å². The molecule has 4 aromatic rings. The van der Waals surface area contributed by atoms with Crippen LogP contribution in [0.1, 0.15) is 23.5 Å². The van der Waals surface area contributed by atoms with E-state index < -0.39 is 0 Å². The number of hydrogen-bond acceptors (Lipinski definition) is 4. The van der Waals surface area contributed by atoms with Crippen molar-refractivity contribution in [3.63, 3.8) is 0 Å². The highest BCUT2D eigenvalue weighted by Gasteiger charge is 2.21. The fraction of sp³-hybridized carbons (Fsp3) is 0.310. The molecule has 7 heteroatoms. The minimum Gasteiger partial charge on any atom is -0.379 e. The van der Waals surface area contributed by atoms with Crippen LogP contribution in [-0.2, 0) is 4.74 Å². The van der Waals surface area contributed by atoms with Gasteiger partial charge in [0.1, 0.15) is 0 Å². The van der Waals surface area contributed by atoms with Crippen LogP contribution in [0.5, 0.6) is 0 Å². The Morgan fingerprint density at radius 3 is 2.22 bits per heavy atom. The number of carbonyl (C=O) groups is 1. The Morgan fingerprint density at radius 2 is 1.56 bits per heavy atom. The molecule has 2 heterocycles. The summed E-state index contributed by atoms with van der Waals surface area (Å²) in [5, 5.41) is 3.00. The van der Waals surface area contributed by atoms with Crippen molar-refractivity contribution in [1.82, 2.24) is 19.8 Å². The Kier molecular flexibility index (Phi) is 7.90. The molecule has 186 valence electrons. The Bertz CT molecular complexity index is 1170. The van der Waals surface area contributed by atoms with E-state index >= 15 is 0 Å². The molecular formula is C29H33N5O2. The normalized spacial score (nSPS) is 14.2. The maximum Gasteiger partial charge on any atom is 0.324 e. The summed E-state index contributed by atoms with van der Waals surface area (Å²) in [7, 11) is 0. The van der Waals surface area contributed by atoms with Crippen LogP contribution < -0.4 is 5.32 Å². The summed E-state index contributed by atoms with van der Waals surface area (Å²) >= 11 is 0. The van der Waals surface area contributed by atoms with Crippen molar-refractivity contribution < 1.29 is 9.53 Å². The number of aromatic nitrogens is 2. The molecule has 0 bridgehead atoms. The molecule has 0 radical (unpaired) electrons. The molecule has 0 atom stereocenters. The number of aromatic amines is 1. The number of hydrogen-bond donors (Lipinski definition) is 2. The van der Waals surface area contributed by atoms with Crippen LogP contribution in [0, 0.1) is 0 Å². The zero-order chi connectivity index (χ0) is 24.6. The average molecular weight is 484 g/mol. The van der Waals surface area contributed by atoms with Crippen LogP contribution >= 0.6 is 0 Å². The van der Waals surface area contributed by atoms with Crippen molar-refractivity contribution >= 4 is 23.0 Å². The van der Waals surface area contributed by atoms with Gasteiger partial charge in [-0.05, 0) is 29.7 Å². The average Bonchev–Trinajstić information content (AvgIpc) is 3.34. The molecule has 0 spiro atoms. The number of amides is 2. The second kappa shape index (κ2) is 11.8. The second-order valence-electron chi connectivity index (χ2n) is 9.14. The van der Waals surface area contributed by atoms with Gasteiger partial charge in [0.15, 0.2) is 0 Å². The molecule has 1 saturated heterocycles. The zero-order valence-electron chi connectivity index (χ0n) is 20.5. The quantitative estimate of drug-likeness (QED) is 0.353. The number of H-pyrrole nitrogens is 1. The second-order valence-corrected chi connectivity index (χ2v) is 9.14. The first-order valence-corrected chi connectivity index (χ1v) is 12.7. The highest BCUT2D eigenvalue weighted by Crippen LogP contribution is 2.28. The molecule has 3 aromatic carbocycles. The number of ether oxygens (including phenoxy) is 1. The molecule has 1 aromatic heterocycles. The lowest BCUT2D eigenvalue weighted by atomic mass is 9.88. The van der Waals surface area contributed by atoms with Crippen molar-refractivity contribution in [3.05, 3.63) is 96.1 Å². The molecule has 1 aliphatic rings. The van der Waals surface area contributed by atoms with E-state index in [9.17, 15) is 4.79 Å². The number of rotatable bonds is 9. The summed E-state index contributed by atoms with van der Waals surface area (Å²) in [5.41, 5.74) is 4.26. The summed E-state index contributed by atoms with van der Waals surface area (Å²) in [6, 6.07) is 28.7. The Labute approximate surface area is 212 Å². The van der Waals surface area contributed by atoms with Gasteiger partial charge < -0.3 is 14.6 Å². The fourth-order valence-corrected chi connectivity index (χ4v) is 4.78. The Balaban J connectivity index is 1.32. The summed E-state index contributed by atoms with van der Waals surface area (Å²) < 4.78 is 5.49. The third-order valence-corrected chi connectivity index (χ3v) is 6.78. The Hall–Kier alpha value is -3.68. The third-order valence-electron chi connectivity index (χ3n) is 6.78. The largest absolute Gasteiger partial charge is 0.379 e. The highest BCUT2D eigenvalue weighted by molar-refractivity contribution is 5.89. The number of fused-ring (bicyclic) bond motifs is 1. The van der Waals surface area contributed by atoms with Crippen LogP contribution in [0.25, 0.3) is 11.0 Å². The maximum absolute atomic E-state index is 13.5. The number of carbonyl (C=O) groups excluding carboxylic acids is 1. The monoisotopic (exact) mass is 483 g/mol. The molecule has 0 unspecified atom stereocenters. The first-order valence-electron chi connectivity index (χ1n) is 12.7. The van der Waals surface area contributed by atoms with Gasteiger partial charge in [-0.15, -0.1) is 0 Å². The van der Waals surface area contributed by atoms with Crippen molar-refractivity contribution in [2.24, 2.45) is 0 Å². The van der Waals surface area contributed by atoms with E-state index in [2.05, 4.69) is 68.7 Å². The fourth-order valence-electron chi connectivity index (χ4n) is 4.78. The molecule has 1 aliphatic heterocycles. The SMILES string of the molecule is O=C(Nc1nc2ccccc2[nH]1)N(CCC(c1ccccc1)c1ccccc1)CCN1CCOCC1. The van der Waals surface area contributed by atoms with E-state index in [0.717, 1.165) is 50.3 Å². The first-order chi connectivity index (χ1) is 17.8. The van der Waals surface area contributed by atoms with E-state index in [1.807, 2.05) is 41.3 Å². The van der Waals surface area contributed by atoms with E-state index in [1.165, 1.54) is 11.1 Å². The minimum absolute atomic E-state index is 0.137. The van der Waals surface area contributed by atoms with Crippen molar-refractivity contribution in [3.8, 4) is 0 Å². The van der Waals surface area contributed by atoms with Gasteiger partial charge >= 0.3 is 6.03 Å². The van der Waals surface area contributed by atoms with Crippen molar-refractivity contribution in [2.75, 3.05) is 51.3 Å². The van der Waals surface area contributed by atoms with E-state index in [-0.39, 0.29) is 11.9 Å². The van der Waals surface area contributed by atoms with Crippen LogP contribution in [0.4, 0.5) is 10.7 Å². The van der Waals surface area contributed by atoms with Gasteiger partial charge in [-0.2, -0.15) is 0 Å². The first kappa shape index (κ1) is 24.0. The van der Waals surface area contributed by atoms with Gasteiger partial charge in [0.25, 0.3) is 0 Å². The van der Waals surface area contributed by atoms with Crippen LogP contribution in [0.3, 0.4) is 0 Å². The van der Waals surface area contributed by atoms with E-state index in [1.54, 1.807) is 0 Å². The summed E-state index contributed by atoms with van der Waals surface area (Å²) in [6.07, 6.45) is 0.824. The highest BCUT2D eigenvalue weighted by atomic mass is 16.5. The molecule has 36 heavy (non-hydrogen) atoms. The standard InChI is InChI=1S/C29H33N5O2/c35-29(32-28-30-26-13-7-8-14-27(26)31-28)34(18-17-33-19-21-36-22-20-33)16-15-25(23-9-3-1-4-10-23)24-11-5-2-6-12-24/h1-14,25H,15-22H2,(H2,30,31,32,35). The lowest BCUT2D eigenvalue weighted by Gasteiger charge is -2.31. The van der Waals surface area contributed by atoms with Gasteiger partial charge in [-0.25, -0.2) is 9.78 Å². The minimum atomic E-state index is -0.137. The molecule has 1 fully saturated rings. The number of urea groups is 1. The molecule has 2 amide bonds. The summed E-state index contributed by atoms with van der Waals surface area (Å²) in [4.78, 5) is 25.5. The number of anilines is 1. The van der Waals surface area contributed by atoms with Crippen molar-refractivity contribution in [2.45, 2.75) is 12.3 Å². The lowest BCUT2D eigenvalue weighted by Crippen LogP contribution is -2.44. The van der Waals surface area contributed by atoms with Gasteiger partial charge in [0.2, 0.25) is 5.95 Å². The summed E-state index contributed by atoms with van der Waals surface area (Å²) in [6.45, 7) is 5.38. The van der Waals surface area contributed by atoms with E-state index in [0.29, 0.717) is 19.0 Å². The predicted octanol–water partition coefficient (Wildman–Crippen LogP) is 4.95. The molecule has 0 aliphatic carbocycles.